The van der Waals surface area contributed by atoms with E-state index in [0.717, 1.165) is 0 Å². The molecule has 8 heavy (non-hydrogen) atoms. The molecule has 0 fully saturated rings. The number of nitrogens with two attached hydrogens (primary N) is 1. The highest BCUT2D eigenvalue weighted by atomic mass is 35.5. The van der Waals surface area contributed by atoms with Gasteiger partial charge in [0.2, 0.25) is 0 Å². The Morgan fingerprint density at radius 3 is 2.00 bits per heavy atom. The molecule has 0 spiro atoms. The summed E-state index contributed by atoms with van der Waals surface area (Å²) < 4.78 is 0. The predicted octanol–water partition coefficient (Wildman–Crippen LogP) is -0.358. The average Bonchev–Trinajstić information content (AvgIpc) is 1.30. The average molecular weight is 141 g/mol. The van der Waals surface area contributed by atoms with Gasteiger partial charge >= 0.3 is 0 Å². The molecular formula is C4H13ClN2O. The van der Waals surface area contributed by atoms with Crippen LogP contribution >= 0.6 is 12.4 Å². The van der Waals surface area contributed by atoms with E-state index in [1.54, 1.807) is 13.8 Å². The molecule has 52 valence electrons. The van der Waals surface area contributed by atoms with E-state index in [-0.39, 0.29) is 12.4 Å². The maximum absolute atomic E-state index is 8.88. The molecule has 0 aliphatic carbocycles. The van der Waals surface area contributed by atoms with Crippen LogP contribution in [0.15, 0.2) is 0 Å². The minimum absolute atomic E-state index is 0. The van der Waals surface area contributed by atoms with Crippen molar-refractivity contribution in [3.63, 3.8) is 0 Å². The van der Waals surface area contributed by atoms with E-state index in [2.05, 4.69) is 5.43 Å². The molecule has 0 aromatic heterocycles. The molecule has 0 radical (unpaired) electrons. The van der Waals surface area contributed by atoms with Crippen LogP contribution in [0.3, 0.4) is 0 Å². The van der Waals surface area contributed by atoms with Gasteiger partial charge in [-0.2, -0.15) is 0 Å². The van der Waals surface area contributed by atoms with Gasteiger partial charge in [0.25, 0.3) is 0 Å². The van der Waals surface area contributed by atoms with Crippen LogP contribution in [0.5, 0.6) is 0 Å². The molecule has 0 aromatic rings. The highest BCUT2D eigenvalue weighted by Crippen LogP contribution is 1.94. The van der Waals surface area contributed by atoms with E-state index in [9.17, 15) is 0 Å². The second-order valence-corrected chi connectivity index (χ2v) is 2.19. The third-order valence-electron chi connectivity index (χ3n) is 0.535. The zero-order chi connectivity index (χ0) is 5.91. The van der Waals surface area contributed by atoms with Gasteiger partial charge in [-0.25, -0.2) is 0 Å². The molecule has 0 amide bonds. The van der Waals surface area contributed by atoms with Crippen molar-refractivity contribution in [3.8, 4) is 0 Å². The molecule has 0 unspecified atom stereocenters. The summed E-state index contributed by atoms with van der Waals surface area (Å²) in [6.45, 7) is 3.80. The third-order valence-corrected chi connectivity index (χ3v) is 0.535. The summed E-state index contributed by atoms with van der Waals surface area (Å²) >= 11 is 0. The number of hydrogen-bond donors (Lipinski definition) is 3. The van der Waals surface area contributed by atoms with Crippen LogP contribution in [0, 0.1) is 0 Å². The standard InChI is InChI=1S/C4H12N2O.ClH/c1-4(2,7)3-6-5;/h6-7H,3,5H2,1-2H3;1H. The minimum Gasteiger partial charge on any atom is -0.389 e. The highest BCUT2D eigenvalue weighted by Gasteiger charge is 2.08. The topological polar surface area (TPSA) is 58.3 Å². The van der Waals surface area contributed by atoms with E-state index >= 15 is 0 Å². The fourth-order valence-corrected chi connectivity index (χ4v) is 0.250. The van der Waals surface area contributed by atoms with E-state index in [1.807, 2.05) is 0 Å². The zero-order valence-electron chi connectivity index (χ0n) is 5.14. The number of rotatable bonds is 2. The predicted molar refractivity (Wildman–Crippen MR) is 35.7 cm³/mol. The molecule has 0 heterocycles. The number of aliphatic hydroxyl groups is 1. The Morgan fingerprint density at radius 2 is 2.00 bits per heavy atom. The molecule has 4 heteroatoms. The Labute approximate surface area is 55.6 Å². The van der Waals surface area contributed by atoms with Gasteiger partial charge in [-0.3, -0.25) is 11.3 Å². The largest absolute Gasteiger partial charge is 0.389 e. The second-order valence-electron chi connectivity index (χ2n) is 2.19. The third kappa shape index (κ3) is 9.48. The molecule has 0 aliphatic heterocycles. The van der Waals surface area contributed by atoms with E-state index in [1.165, 1.54) is 0 Å². The lowest BCUT2D eigenvalue weighted by molar-refractivity contribution is 0.0801. The van der Waals surface area contributed by atoms with Gasteiger partial charge in [0.1, 0.15) is 0 Å². The van der Waals surface area contributed by atoms with Crippen LogP contribution in [-0.2, 0) is 0 Å². The Hall–Kier alpha value is 0.170. The zero-order valence-corrected chi connectivity index (χ0v) is 5.96. The van der Waals surface area contributed by atoms with Crippen LogP contribution in [0.2, 0.25) is 0 Å². The van der Waals surface area contributed by atoms with Gasteiger partial charge in [-0.15, -0.1) is 12.4 Å². The monoisotopic (exact) mass is 140 g/mol. The summed E-state index contributed by atoms with van der Waals surface area (Å²) in [5.74, 6) is 4.90. The van der Waals surface area contributed by atoms with Crippen LogP contribution in [-0.4, -0.2) is 17.3 Å². The first-order valence-corrected chi connectivity index (χ1v) is 2.22. The smallest absolute Gasteiger partial charge is 0.0729 e. The van der Waals surface area contributed by atoms with Crippen molar-refractivity contribution in [3.05, 3.63) is 0 Å². The maximum atomic E-state index is 8.88. The van der Waals surface area contributed by atoms with Crippen molar-refractivity contribution in [1.29, 1.82) is 0 Å². The molecule has 0 atom stereocenters. The molecular weight excluding hydrogens is 128 g/mol. The molecule has 0 aromatic carbocycles. The second kappa shape index (κ2) is 4.09. The van der Waals surface area contributed by atoms with Crippen molar-refractivity contribution < 1.29 is 5.11 Å². The Kier molecular flexibility index (Phi) is 5.64. The summed E-state index contributed by atoms with van der Waals surface area (Å²) in [4.78, 5) is 0. The van der Waals surface area contributed by atoms with Crippen LogP contribution in [0.4, 0.5) is 0 Å². The van der Waals surface area contributed by atoms with Crippen molar-refractivity contribution in [2.24, 2.45) is 5.84 Å². The summed E-state index contributed by atoms with van der Waals surface area (Å²) in [6.07, 6.45) is 0. The van der Waals surface area contributed by atoms with Gasteiger partial charge in [0, 0.05) is 6.54 Å². The van der Waals surface area contributed by atoms with Crippen LogP contribution < -0.4 is 11.3 Å². The SMILES string of the molecule is CC(C)(O)CNN.Cl. The Balaban J connectivity index is 0. The van der Waals surface area contributed by atoms with Gasteiger partial charge in [-0.05, 0) is 13.8 Å². The number of hydrogen-bond acceptors (Lipinski definition) is 3. The summed E-state index contributed by atoms with van der Waals surface area (Å²) in [5.41, 5.74) is 1.67. The quantitative estimate of drug-likeness (QED) is 0.363. The van der Waals surface area contributed by atoms with Crippen molar-refractivity contribution >= 4 is 12.4 Å². The maximum Gasteiger partial charge on any atom is 0.0729 e. The van der Waals surface area contributed by atoms with Gasteiger partial charge in [0.15, 0.2) is 0 Å². The molecule has 0 bridgehead atoms. The molecule has 3 nitrogen and oxygen atoms in total. The lowest BCUT2D eigenvalue weighted by Gasteiger charge is -2.14. The van der Waals surface area contributed by atoms with Gasteiger partial charge < -0.3 is 5.11 Å². The van der Waals surface area contributed by atoms with Gasteiger partial charge in [0.05, 0.1) is 5.60 Å². The minimum atomic E-state index is -0.686. The fourth-order valence-electron chi connectivity index (χ4n) is 0.250. The van der Waals surface area contributed by atoms with Crippen LogP contribution in [0.25, 0.3) is 0 Å². The first kappa shape index (κ1) is 11.0. The lowest BCUT2D eigenvalue weighted by Crippen LogP contribution is -2.38. The van der Waals surface area contributed by atoms with Crippen molar-refractivity contribution in [1.82, 2.24) is 5.43 Å². The Bertz CT molecular complexity index is 52.5. The fraction of sp³-hybridized carbons (Fsp3) is 1.00. The number of hydrazine groups is 1. The number of halogens is 1. The van der Waals surface area contributed by atoms with E-state index < -0.39 is 5.60 Å². The lowest BCUT2D eigenvalue weighted by atomic mass is 10.1. The van der Waals surface area contributed by atoms with Gasteiger partial charge in [-0.1, -0.05) is 0 Å². The molecule has 0 saturated heterocycles. The summed E-state index contributed by atoms with van der Waals surface area (Å²) in [5, 5.41) is 8.88. The molecule has 0 saturated carbocycles. The molecule has 4 N–H and O–H groups in total. The van der Waals surface area contributed by atoms with Crippen LogP contribution in [0.1, 0.15) is 13.8 Å². The molecule has 0 aliphatic rings. The van der Waals surface area contributed by atoms with Crippen molar-refractivity contribution in [2.45, 2.75) is 19.4 Å². The first-order chi connectivity index (χ1) is 3.06. The highest BCUT2D eigenvalue weighted by molar-refractivity contribution is 5.85. The Morgan fingerprint density at radius 1 is 1.62 bits per heavy atom. The normalized spacial score (nSPS) is 10.5. The first-order valence-electron chi connectivity index (χ1n) is 2.22. The van der Waals surface area contributed by atoms with E-state index in [0.29, 0.717) is 6.54 Å². The summed E-state index contributed by atoms with van der Waals surface area (Å²) in [7, 11) is 0. The molecule has 0 rings (SSSR count). The van der Waals surface area contributed by atoms with E-state index in [4.69, 9.17) is 10.9 Å². The summed E-state index contributed by atoms with van der Waals surface area (Å²) in [6, 6.07) is 0. The van der Waals surface area contributed by atoms with Crippen molar-refractivity contribution in [2.75, 3.05) is 6.54 Å². The number of nitrogens with one attached hydrogen (secondary N) is 1.